The van der Waals surface area contributed by atoms with Crippen LogP contribution in [0.2, 0.25) is 0 Å². The van der Waals surface area contributed by atoms with E-state index in [9.17, 15) is 18.4 Å². The number of piperazine rings is 1. The van der Waals surface area contributed by atoms with Gasteiger partial charge in [-0.15, -0.1) is 0 Å². The van der Waals surface area contributed by atoms with Crippen molar-refractivity contribution in [2.45, 2.75) is 33.3 Å². The van der Waals surface area contributed by atoms with E-state index in [0.29, 0.717) is 48.9 Å². The number of rotatable bonds is 6. The summed E-state index contributed by atoms with van der Waals surface area (Å²) < 4.78 is 41.5. The van der Waals surface area contributed by atoms with E-state index in [-0.39, 0.29) is 29.0 Å². The van der Waals surface area contributed by atoms with Gasteiger partial charge in [-0.1, -0.05) is 0 Å². The lowest BCUT2D eigenvalue weighted by Gasteiger charge is -2.35. The minimum atomic E-state index is -1.20. The summed E-state index contributed by atoms with van der Waals surface area (Å²) in [6, 6.07) is 9.63. The van der Waals surface area contributed by atoms with E-state index < -0.39 is 23.8 Å². The van der Waals surface area contributed by atoms with Crippen LogP contribution in [0, 0.1) is 29.9 Å². The Morgan fingerprint density at radius 2 is 1.77 bits per heavy atom. The number of aromatic nitrogens is 3. The fraction of sp³-hybridized carbons (Fsp3) is 0.323. The molecule has 44 heavy (non-hydrogen) atoms. The van der Waals surface area contributed by atoms with Crippen molar-refractivity contribution in [2.75, 3.05) is 38.1 Å². The van der Waals surface area contributed by atoms with Crippen LogP contribution in [-0.4, -0.2) is 74.6 Å². The molecule has 1 aliphatic rings. The van der Waals surface area contributed by atoms with Crippen LogP contribution in [0.3, 0.4) is 0 Å². The molecular weight excluding hydrogens is 572 g/mol. The van der Waals surface area contributed by atoms with Gasteiger partial charge in [0.25, 0.3) is 5.91 Å². The van der Waals surface area contributed by atoms with Crippen molar-refractivity contribution >= 4 is 29.2 Å². The van der Waals surface area contributed by atoms with E-state index in [1.54, 1.807) is 38.6 Å². The molecule has 228 valence electrons. The first-order valence-corrected chi connectivity index (χ1v) is 13.9. The second kappa shape index (κ2) is 12.2. The minimum absolute atomic E-state index is 0.0397. The molecule has 1 saturated heterocycles. The first kappa shape index (κ1) is 30.2. The van der Waals surface area contributed by atoms with Crippen molar-refractivity contribution in [3.05, 3.63) is 71.7 Å². The first-order valence-electron chi connectivity index (χ1n) is 13.9. The molecule has 0 atom stereocenters. The highest BCUT2D eigenvalue weighted by Gasteiger charge is 2.28. The Balaban J connectivity index is 1.30. The summed E-state index contributed by atoms with van der Waals surface area (Å²) in [5.74, 6) is -2.45. The van der Waals surface area contributed by atoms with Crippen LogP contribution < -0.4 is 10.1 Å². The number of carbonyl (C=O) groups is 2. The molecule has 1 N–H and O–H groups in total. The second-order valence-electron chi connectivity index (χ2n) is 11.2. The average molecular weight is 604 g/mol. The zero-order chi connectivity index (χ0) is 31.6. The molecule has 5 rings (SSSR count). The summed E-state index contributed by atoms with van der Waals surface area (Å²) in [6.07, 6.45) is 4.10. The lowest BCUT2D eigenvalue weighted by atomic mass is 10.1. The molecule has 2 aromatic heterocycles. The number of imidazole rings is 1. The van der Waals surface area contributed by atoms with Crippen molar-refractivity contribution in [1.29, 1.82) is 5.26 Å². The molecule has 3 heterocycles. The Kier molecular flexibility index (Phi) is 8.35. The number of aryl methyl sites for hydroxylation is 1. The number of halogens is 2. The zero-order valence-corrected chi connectivity index (χ0v) is 24.7. The lowest BCUT2D eigenvalue weighted by molar-refractivity contribution is 0.0140. The number of fused-ring (bicyclic) bond motifs is 1. The Labute approximate surface area is 252 Å². The number of hydrogen-bond donors (Lipinski definition) is 1. The van der Waals surface area contributed by atoms with E-state index in [4.69, 9.17) is 14.7 Å². The van der Waals surface area contributed by atoms with Crippen LogP contribution in [-0.2, 0) is 4.74 Å². The number of amides is 2. The van der Waals surface area contributed by atoms with Crippen LogP contribution in [0.15, 0.2) is 48.9 Å². The minimum Gasteiger partial charge on any atom is -0.476 e. The molecular formula is C31H31F2N7O4. The van der Waals surface area contributed by atoms with E-state index in [2.05, 4.69) is 15.3 Å². The first-order chi connectivity index (χ1) is 21.0. The standard InChI is InChI=1S/C31H31F2N7O4/c1-19-17-20(5-6-21(19)29(41)38-12-14-39(15-13-38)30(42)44-31(2,3)4)37-27-28-36-18-23(40(28)11-10-35-27)22-7-8-24(43-16-9-34)26(33)25(22)32/h5-8,10-11,17-18H,12-16H2,1-4H3,(H,35,37). The smallest absolute Gasteiger partial charge is 0.410 e. The second-order valence-corrected chi connectivity index (χ2v) is 11.2. The van der Waals surface area contributed by atoms with Gasteiger partial charge in [-0.3, -0.25) is 9.20 Å². The van der Waals surface area contributed by atoms with Crippen molar-refractivity contribution in [2.24, 2.45) is 0 Å². The van der Waals surface area contributed by atoms with Gasteiger partial charge in [0.05, 0.1) is 11.9 Å². The molecule has 2 amide bonds. The summed E-state index contributed by atoms with van der Waals surface area (Å²) in [5.41, 5.74) is 1.95. The summed E-state index contributed by atoms with van der Waals surface area (Å²) in [6.45, 7) is 8.43. The molecule has 0 radical (unpaired) electrons. The third kappa shape index (κ3) is 6.24. The summed E-state index contributed by atoms with van der Waals surface area (Å²) >= 11 is 0. The Morgan fingerprint density at radius 3 is 2.45 bits per heavy atom. The molecule has 0 unspecified atom stereocenters. The molecule has 0 bridgehead atoms. The van der Waals surface area contributed by atoms with Gasteiger partial charge in [-0.05, 0) is 63.6 Å². The van der Waals surface area contributed by atoms with E-state index in [0.717, 1.165) is 5.56 Å². The molecule has 0 spiro atoms. The van der Waals surface area contributed by atoms with Gasteiger partial charge >= 0.3 is 6.09 Å². The van der Waals surface area contributed by atoms with Crippen LogP contribution in [0.25, 0.3) is 16.9 Å². The van der Waals surface area contributed by atoms with E-state index in [1.807, 2.05) is 33.8 Å². The van der Waals surface area contributed by atoms with Crippen LogP contribution in [0.5, 0.6) is 5.75 Å². The highest BCUT2D eigenvalue weighted by molar-refractivity contribution is 5.96. The number of nitrogens with zero attached hydrogens (tertiary/aromatic N) is 6. The molecule has 4 aromatic rings. The number of nitrogens with one attached hydrogen (secondary N) is 1. The quantitative estimate of drug-likeness (QED) is 0.314. The third-order valence-corrected chi connectivity index (χ3v) is 6.98. The van der Waals surface area contributed by atoms with Gasteiger partial charge in [0.2, 0.25) is 5.82 Å². The fourth-order valence-corrected chi connectivity index (χ4v) is 4.86. The van der Waals surface area contributed by atoms with Gasteiger partial charge in [0.1, 0.15) is 11.7 Å². The largest absolute Gasteiger partial charge is 0.476 e. The number of ether oxygens (including phenoxy) is 2. The Morgan fingerprint density at radius 1 is 1.05 bits per heavy atom. The predicted octanol–water partition coefficient (Wildman–Crippen LogP) is 5.32. The van der Waals surface area contributed by atoms with Crippen LogP contribution >= 0.6 is 0 Å². The molecule has 2 aromatic carbocycles. The number of hydrogen-bond acceptors (Lipinski definition) is 8. The van der Waals surface area contributed by atoms with Gasteiger partial charge in [-0.2, -0.15) is 9.65 Å². The molecule has 0 saturated carbocycles. The molecule has 13 heteroatoms. The van der Waals surface area contributed by atoms with Gasteiger partial charge in [0, 0.05) is 55.4 Å². The maximum Gasteiger partial charge on any atom is 0.410 e. The molecule has 0 aliphatic carbocycles. The van der Waals surface area contributed by atoms with E-state index in [1.165, 1.54) is 24.5 Å². The van der Waals surface area contributed by atoms with Gasteiger partial charge in [0.15, 0.2) is 29.6 Å². The summed E-state index contributed by atoms with van der Waals surface area (Å²) in [5, 5.41) is 11.9. The topological polar surface area (TPSA) is 125 Å². The van der Waals surface area contributed by atoms with Crippen molar-refractivity contribution in [3.8, 4) is 23.1 Å². The average Bonchev–Trinajstić information content (AvgIpc) is 3.42. The predicted molar refractivity (Wildman–Crippen MR) is 158 cm³/mol. The zero-order valence-electron chi connectivity index (χ0n) is 24.7. The Bertz CT molecular complexity index is 1770. The van der Waals surface area contributed by atoms with E-state index >= 15 is 0 Å². The summed E-state index contributed by atoms with van der Waals surface area (Å²) in [4.78, 5) is 37.7. The summed E-state index contributed by atoms with van der Waals surface area (Å²) in [7, 11) is 0. The highest BCUT2D eigenvalue weighted by Crippen LogP contribution is 2.32. The van der Waals surface area contributed by atoms with Crippen molar-refractivity contribution in [3.63, 3.8) is 0 Å². The van der Waals surface area contributed by atoms with Gasteiger partial charge < -0.3 is 24.6 Å². The Hall–Kier alpha value is -5.25. The molecule has 1 aliphatic heterocycles. The highest BCUT2D eigenvalue weighted by atomic mass is 19.2. The number of benzene rings is 2. The van der Waals surface area contributed by atoms with Gasteiger partial charge in [-0.25, -0.2) is 19.2 Å². The van der Waals surface area contributed by atoms with Crippen molar-refractivity contribution in [1.82, 2.24) is 24.2 Å². The van der Waals surface area contributed by atoms with Crippen LogP contribution in [0.1, 0.15) is 36.7 Å². The normalized spacial score (nSPS) is 13.5. The van der Waals surface area contributed by atoms with Crippen molar-refractivity contribution < 1.29 is 27.8 Å². The SMILES string of the molecule is Cc1cc(Nc2nccn3c(-c4ccc(OCC#N)c(F)c4F)cnc23)ccc1C(=O)N1CCN(C(=O)OC(C)(C)C)CC1. The number of carbonyl (C=O) groups excluding carboxylic acids is 2. The fourth-order valence-electron chi connectivity index (χ4n) is 4.86. The monoisotopic (exact) mass is 603 g/mol. The maximum absolute atomic E-state index is 15.0. The molecule has 1 fully saturated rings. The van der Waals surface area contributed by atoms with Crippen LogP contribution in [0.4, 0.5) is 25.1 Å². The maximum atomic E-state index is 15.0. The third-order valence-electron chi connectivity index (χ3n) is 6.98. The lowest BCUT2D eigenvalue weighted by Crippen LogP contribution is -2.51. The number of anilines is 2. The number of nitriles is 1. The molecule has 11 nitrogen and oxygen atoms in total.